The minimum atomic E-state index is -0.843. The number of carboxylic acid groups (broad SMARTS) is 1. The number of carbonyl (C=O) groups is 2. The summed E-state index contributed by atoms with van der Waals surface area (Å²) in [5.41, 5.74) is 0.771. The molecule has 0 radical (unpaired) electrons. The predicted molar refractivity (Wildman–Crippen MR) is 94.6 cm³/mol. The molecule has 1 saturated carbocycles. The van der Waals surface area contributed by atoms with Crippen LogP contribution in [0.5, 0.6) is 0 Å². The molecule has 4 N–H and O–H groups in total. The van der Waals surface area contributed by atoms with Crippen LogP contribution in [0.1, 0.15) is 31.4 Å². The molecule has 2 rings (SSSR count). The number of nitrogens with one attached hydrogen (secondary N) is 2. The molecule has 1 aromatic rings. The molecule has 0 heterocycles. The van der Waals surface area contributed by atoms with Crippen molar-refractivity contribution >= 4 is 23.6 Å². The second-order valence-corrected chi connectivity index (χ2v) is 6.62. The molecule has 8 heteroatoms. The average molecular weight is 370 g/mol. The maximum atomic E-state index is 12.1. The molecule has 1 aliphatic carbocycles. The van der Waals surface area contributed by atoms with Crippen LogP contribution in [0.15, 0.2) is 24.3 Å². The summed E-state index contributed by atoms with van der Waals surface area (Å²) in [6, 6.07) is 6.26. The third kappa shape index (κ3) is 5.59. The minimum absolute atomic E-state index is 0.0115. The van der Waals surface area contributed by atoms with E-state index in [4.69, 9.17) is 16.7 Å². The molecule has 25 heavy (non-hydrogen) atoms. The number of carbonyl (C=O) groups excluding carboxylic acids is 1. The second-order valence-electron chi connectivity index (χ2n) is 6.18. The summed E-state index contributed by atoms with van der Waals surface area (Å²) in [5, 5.41) is 24.6. The van der Waals surface area contributed by atoms with E-state index in [-0.39, 0.29) is 31.3 Å². The number of hydrogen-bond acceptors (Lipinski definition) is 4. The molecular formula is C17H24ClN3O4. The zero-order valence-corrected chi connectivity index (χ0v) is 14.9. The van der Waals surface area contributed by atoms with Crippen LogP contribution >= 0.6 is 11.6 Å². The van der Waals surface area contributed by atoms with Gasteiger partial charge in [-0.1, -0.05) is 30.7 Å². The van der Waals surface area contributed by atoms with Crippen LogP contribution in [-0.4, -0.2) is 58.9 Å². The van der Waals surface area contributed by atoms with Crippen LogP contribution in [0, 0.1) is 0 Å². The van der Waals surface area contributed by atoms with E-state index in [0.29, 0.717) is 11.6 Å². The van der Waals surface area contributed by atoms with Crippen molar-refractivity contribution in [2.24, 2.45) is 0 Å². The van der Waals surface area contributed by atoms with Gasteiger partial charge in [0.15, 0.2) is 0 Å². The van der Waals surface area contributed by atoms with E-state index >= 15 is 0 Å². The first-order valence-electron chi connectivity index (χ1n) is 8.32. The fraction of sp³-hybridized carbons (Fsp3) is 0.529. The Kier molecular flexibility index (Phi) is 7.04. The predicted octanol–water partition coefficient (Wildman–Crippen LogP) is 1.61. The molecule has 0 aliphatic heterocycles. The van der Waals surface area contributed by atoms with Gasteiger partial charge in [0.2, 0.25) is 0 Å². The summed E-state index contributed by atoms with van der Waals surface area (Å²) in [7, 11) is 0. The van der Waals surface area contributed by atoms with Crippen LogP contribution in [-0.2, 0) is 4.79 Å². The maximum Gasteiger partial charge on any atom is 0.317 e. The van der Waals surface area contributed by atoms with Crippen molar-refractivity contribution in [2.75, 3.05) is 19.7 Å². The van der Waals surface area contributed by atoms with Crippen molar-refractivity contribution in [1.82, 2.24) is 15.5 Å². The van der Waals surface area contributed by atoms with Crippen molar-refractivity contribution < 1.29 is 19.8 Å². The number of hydrogen-bond donors (Lipinski definition) is 4. The van der Waals surface area contributed by atoms with Crippen LogP contribution in [0.2, 0.25) is 5.02 Å². The molecule has 0 saturated heterocycles. The Morgan fingerprint density at radius 2 is 1.96 bits per heavy atom. The summed E-state index contributed by atoms with van der Waals surface area (Å²) in [4.78, 5) is 24.8. The third-order valence-corrected chi connectivity index (χ3v) is 4.72. The van der Waals surface area contributed by atoms with Crippen LogP contribution in [0.25, 0.3) is 0 Å². The van der Waals surface area contributed by atoms with Gasteiger partial charge in [0.25, 0.3) is 0 Å². The van der Waals surface area contributed by atoms with E-state index in [2.05, 4.69) is 10.6 Å². The maximum absolute atomic E-state index is 12.1. The number of aliphatic hydroxyl groups excluding tert-OH is 1. The summed E-state index contributed by atoms with van der Waals surface area (Å²) < 4.78 is 0. The smallest absolute Gasteiger partial charge is 0.317 e. The number of carboxylic acids is 1. The van der Waals surface area contributed by atoms with Gasteiger partial charge < -0.3 is 20.8 Å². The monoisotopic (exact) mass is 369 g/mol. The molecule has 1 aliphatic rings. The van der Waals surface area contributed by atoms with Gasteiger partial charge in [-0.2, -0.15) is 0 Å². The largest absolute Gasteiger partial charge is 0.480 e. The first-order valence-corrected chi connectivity index (χ1v) is 8.69. The van der Waals surface area contributed by atoms with Gasteiger partial charge in [0, 0.05) is 17.1 Å². The Labute approximate surface area is 152 Å². The molecule has 1 unspecified atom stereocenters. The number of urea groups is 1. The Balaban J connectivity index is 1.79. The number of nitrogens with zero attached hydrogens (tertiary/aromatic N) is 1. The zero-order chi connectivity index (χ0) is 18.4. The molecule has 0 aromatic heterocycles. The summed E-state index contributed by atoms with van der Waals surface area (Å²) in [6.07, 6.45) is 1.44. The van der Waals surface area contributed by atoms with Crippen molar-refractivity contribution in [2.45, 2.75) is 37.9 Å². The van der Waals surface area contributed by atoms with Gasteiger partial charge in [0.05, 0.1) is 19.2 Å². The lowest BCUT2D eigenvalue weighted by Crippen LogP contribution is -2.56. The Hall–Kier alpha value is -1.83. The second kappa shape index (κ2) is 9.03. The Morgan fingerprint density at radius 1 is 1.32 bits per heavy atom. The minimum Gasteiger partial charge on any atom is -0.480 e. The Morgan fingerprint density at radius 3 is 2.48 bits per heavy atom. The average Bonchev–Trinajstić information content (AvgIpc) is 2.54. The highest BCUT2D eigenvalue weighted by Crippen LogP contribution is 2.25. The lowest BCUT2D eigenvalue weighted by Gasteiger charge is -2.42. The van der Waals surface area contributed by atoms with E-state index in [1.54, 1.807) is 24.3 Å². The van der Waals surface area contributed by atoms with Gasteiger partial charge >= 0.3 is 12.0 Å². The fourth-order valence-corrected chi connectivity index (χ4v) is 3.12. The number of benzene rings is 1. The topological polar surface area (TPSA) is 102 Å². The number of rotatable bonds is 8. The number of amides is 2. The Bertz CT molecular complexity index is 590. The van der Waals surface area contributed by atoms with E-state index in [1.165, 1.54) is 0 Å². The molecule has 7 nitrogen and oxygen atoms in total. The standard InChI is InChI=1S/C17H24ClN3O4/c1-2-21(9-16(23)24)14-7-13(8-14)19-17(25)20-15(10-22)11-3-5-12(18)6-4-11/h3-6,13-15,22H,2,7-10H2,1H3,(H,23,24)(H2,19,20,25). The third-order valence-electron chi connectivity index (χ3n) is 4.47. The van der Waals surface area contributed by atoms with E-state index in [0.717, 1.165) is 18.4 Å². The first-order chi connectivity index (χ1) is 11.9. The molecule has 1 atom stereocenters. The van der Waals surface area contributed by atoms with Gasteiger partial charge in [-0.25, -0.2) is 4.79 Å². The molecular weight excluding hydrogens is 346 g/mol. The number of aliphatic hydroxyl groups is 1. The van der Waals surface area contributed by atoms with E-state index < -0.39 is 12.0 Å². The van der Waals surface area contributed by atoms with Crippen molar-refractivity contribution in [1.29, 1.82) is 0 Å². The van der Waals surface area contributed by atoms with Gasteiger partial charge in [0.1, 0.15) is 0 Å². The molecule has 1 aromatic carbocycles. The highest BCUT2D eigenvalue weighted by atomic mass is 35.5. The SMILES string of the molecule is CCN(CC(=O)O)C1CC(NC(=O)NC(CO)c2ccc(Cl)cc2)C1. The van der Waals surface area contributed by atoms with Crippen molar-refractivity contribution in [3.8, 4) is 0 Å². The normalized spacial score (nSPS) is 20.6. The highest BCUT2D eigenvalue weighted by molar-refractivity contribution is 6.30. The summed E-state index contributed by atoms with van der Waals surface area (Å²) in [6.45, 7) is 2.39. The lowest BCUT2D eigenvalue weighted by atomic mass is 9.85. The van der Waals surface area contributed by atoms with Gasteiger partial charge in [-0.15, -0.1) is 0 Å². The quantitative estimate of drug-likeness (QED) is 0.557. The van der Waals surface area contributed by atoms with Gasteiger partial charge in [-0.3, -0.25) is 9.69 Å². The number of halogens is 1. The molecule has 1 fully saturated rings. The number of likely N-dealkylation sites (N-methyl/N-ethyl adjacent to an activating group) is 1. The summed E-state index contributed by atoms with van der Waals surface area (Å²) in [5.74, 6) is -0.843. The van der Waals surface area contributed by atoms with E-state index in [9.17, 15) is 14.7 Å². The molecule has 2 amide bonds. The molecule has 0 bridgehead atoms. The molecule has 0 spiro atoms. The zero-order valence-electron chi connectivity index (χ0n) is 14.1. The first kappa shape index (κ1) is 19.5. The fourth-order valence-electron chi connectivity index (χ4n) is 2.99. The van der Waals surface area contributed by atoms with E-state index in [1.807, 2.05) is 11.8 Å². The highest BCUT2D eigenvalue weighted by Gasteiger charge is 2.34. The number of aliphatic carboxylic acids is 1. The van der Waals surface area contributed by atoms with Crippen LogP contribution < -0.4 is 10.6 Å². The summed E-state index contributed by atoms with van der Waals surface area (Å²) >= 11 is 5.84. The van der Waals surface area contributed by atoms with Crippen molar-refractivity contribution in [3.63, 3.8) is 0 Å². The van der Waals surface area contributed by atoms with Gasteiger partial charge in [-0.05, 0) is 37.1 Å². The lowest BCUT2D eigenvalue weighted by molar-refractivity contribution is -0.139. The van der Waals surface area contributed by atoms with Crippen LogP contribution in [0.3, 0.4) is 0 Å². The molecule has 138 valence electrons. The van der Waals surface area contributed by atoms with Crippen molar-refractivity contribution in [3.05, 3.63) is 34.9 Å². The van der Waals surface area contributed by atoms with Crippen LogP contribution in [0.4, 0.5) is 4.79 Å².